The van der Waals surface area contributed by atoms with Crippen molar-refractivity contribution in [2.45, 2.75) is 84.3 Å². The van der Waals surface area contributed by atoms with Gasteiger partial charge in [0, 0.05) is 44.3 Å². The number of amides is 1. The number of rotatable bonds is 7. The van der Waals surface area contributed by atoms with Gasteiger partial charge in [0.25, 0.3) is 5.56 Å². The number of halogens is 1. The Morgan fingerprint density at radius 1 is 1.11 bits per heavy atom. The number of benzene rings is 1. The van der Waals surface area contributed by atoms with Crippen LogP contribution in [0.4, 0.5) is 9.18 Å². The fourth-order valence-electron chi connectivity index (χ4n) is 4.87. The molecule has 1 aliphatic heterocycles. The molecule has 1 aromatic carbocycles. The van der Waals surface area contributed by atoms with Gasteiger partial charge in [-0.2, -0.15) is 0 Å². The van der Waals surface area contributed by atoms with Gasteiger partial charge < -0.3 is 19.0 Å². The summed E-state index contributed by atoms with van der Waals surface area (Å²) in [4.78, 5) is 28.6. The van der Waals surface area contributed by atoms with Gasteiger partial charge in [-0.3, -0.25) is 9.69 Å². The minimum Gasteiger partial charge on any atom is -0.465 e. The summed E-state index contributed by atoms with van der Waals surface area (Å²) in [5.41, 5.74) is -0.0880. The average molecular weight is 534 g/mol. The van der Waals surface area contributed by atoms with E-state index in [9.17, 15) is 19.1 Å². The molecule has 0 saturated carbocycles. The summed E-state index contributed by atoms with van der Waals surface area (Å²) in [5.74, 6) is -0.274. The lowest BCUT2D eigenvalue weighted by Crippen LogP contribution is -2.55. The van der Waals surface area contributed by atoms with E-state index < -0.39 is 19.9 Å². The number of carboxylic acid groups (broad SMARTS) is 1. The molecule has 0 spiro atoms. The summed E-state index contributed by atoms with van der Waals surface area (Å²) in [7, 11) is -2.04. The number of nitrogens with zero attached hydrogens (tertiary/aromatic N) is 3. The smallest absolute Gasteiger partial charge is 0.407 e. The first-order chi connectivity index (χ1) is 17.0. The van der Waals surface area contributed by atoms with Crippen LogP contribution in [0.25, 0.3) is 10.9 Å². The maximum absolute atomic E-state index is 14.0. The summed E-state index contributed by atoms with van der Waals surface area (Å²) < 4.78 is 22.4. The van der Waals surface area contributed by atoms with E-state index in [1.165, 1.54) is 23.1 Å². The number of hydrogen-bond donors (Lipinski definition) is 1. The predicted octanol–water partition coefficient (Wildman–Crippen LogP) is 5.63. The van der Waals surface area contributed by atoms with E-state index in [0.717, 1.165) is 18.4 Å². The monoisotopic (exact) mass is 533 g/mol. The van der Waals surface area contributed by atoms with E-state index in [4.69, 9.17) is 4.43 Å². The van der Waals surface area contributed by atoms with Crippen molar-refractivity contribution in [3.63, 3.8) is 0 Å². The molecule has 2 atom stereocenters. The third kappa shape index (κ3) is 7.21. The molecule has 1 amide bonds. The molecule has 3 rings (SSSR count). The SMILES string of the molecule is CC(C)(C)N(C[C@H]1C[C@@H](O[Si](C)(C)C(C)(C)C)CN(CCn2c(=O)ccc3ccc(F)cc32)C1)C(=O)O. The van der Waals surface area contributed by atoms with Crippen LogP contribution >= 0.6 is 0 Å². The first-order valence-corrected chi connectivity index (χ1v) is 16.1. The van der Waals surface area contributed by atoms with Gasteiger partial charge in [0.05, 0.1) is 11.6 Å². The van der Waals surface area contributed by atoms with Crippen molar-refractivity contribution >= 4 is 25.3 Å². The highest BCUT2D eigenvalue weighted by molar-refractivity contribution is 6.74. The van der Waals surface area contributed by atoms with E-state index in [1.54, 1.807) is 16.7 Å². The van der Waals surface area contributed by atoms with Crippen molar-refractivity contribution in [3.05, 3.63) is 46.5 Å². The quantitative estimate of drug-likeness (QED) is 0.467. The molecule has 0 unspecified atom stereocenters. The molecule has 1 saturated heterocycles. The molecule has 0 aliphatic carbocycles. The minimum absolute atomic E-state index is 0.0167. The van der Waals surface area contributed by atoms with Crippen LogP contribution in [0.1, 0.15) is 48.0 Å². The molecule has 206 valence electrons. The van der Waals surface area contributed by atoms with Crippen molar-refractivity contribution in [1.29, 1.82) is 0 Å². The maximum atomic E-state index is 14.0. The van der Waals surface area contributed by atoms with Crippen molar-refractivity contribution < 1.29 is 18.7 Å². The first kappa shape index (κ1) is 29.3. The van der Waals surface area contributed by atoms with Crippen LogP contribution in [-0.4, -0.2) is 71.7 Å². The van der Waals surface area contributed by atoms with Crippen LogP contribution in [-0.2, 0) is 11.0 Å². The van der Waals surface area contributed by atoms with Crippen LogP contribution in [0.3, 0.4) is 0 Å². The van der Waals surface area contributed by atoms with Gasteiger partial charge in [-0.05, 0) is 80.9 Å². The van der Waals surface area contributed by atoms with Crippen LogP contribution in [0.15, 0.2) is 35.1 Å². The van der Waals surface area contributed by atoms with Crippen LogP contribution in [0.2, 0.25) is 18.1 Å². The molecule has 9 heteroatoms. The summed E-state index contributed by atoms with van der Waals surface area (Å²) >= 11 is 0. The largest absolute Gasteiger partial charge is 0.465 e. The molecule has 0 radical (unpaired) electrons. The van der Waals surface area contributed by atoms with Crippen LogP contribution in [0, 0.1) is 11.7 Å². The molecule has 2 aromatic rings. The van der Waals surface area contributed by atoms with E-state index in [-0.39, 0.29) is 28.4 Å². The number of carbonyl (C=O) groups is 1. The minimum atomic E-state index is -2.04. The van der Waals surface area contributed by atoms with Gasteiger partial charge in [-0.25, -0.2) is 9.18 Å². The Morgan fingerprint density at radius 3 is 2.35 bits per heavy atom. The van der Waals surface area contributed by atoms with E-state index in [2.05, 4.69) is 38.8 Å². The maximum Gasteiger partial charge on any atom is 0.407 e. The number of fused-ring (bicyclic) bond motifs is 1. The lowest BCUT2D eigenvalue weighted by atomic mass is 9.93. The highest BCUT2D eigenvalue weighted by atomic mass is 28.4. The number of hydrogen-bond acceptors (Lipinski definition) is 4. The van der Waals surface area contributed by atoms with E-state index >= 15 is 0 Å². The van der Waals surface area contributed by atoms with Crippen molar-refractivity contribution in [1.82, 2.24) is 14.4 Å². The first-order valence-electron chi connectivity index (χ1n) is 13.2. The number of pyridine rings is 1. The normalized spacial score (nSPS) is 19.8. The van der Waals surface area contributed by atoms with Crippen molar-refractivity contribution in [2.75, 3.05) is 26.2 Å². The Morgan fingerprint density at radius 2 is 1.76 bits per heavy atom. The lowest BCUT2D eigenvalue weighted by Gasteiger charge is -2.46. The van der Waals surface area contributed by atoms with Gasteiger partial charge in [-0.1, -0.05) is 20.8 Å². The third-order valence-corrected chi connectivity index (χ3v) is 12.5. The van der Waals surface area contributed by atoms with Gasteiger partial charge in [0.1, 0.15) is 5.82 Å². The number of piperidine rings is 1. The Labute approximate surface area is 221 Å². The average Bonchev–Trinajstić information content (AvgIpc) is 2.74. The highest BCUT2D eigenvalue weighted by Gasteiger charge is 2.41. The summed E-state index contributed by atoms with van der Waals surface area (Å²) in [6, 6.07) is 7.75. The standard InChI is InChI=1S/C28H44FN3O4Si/c1-27(2,3)32(26(34)35)18-20-15-23(36-37(7,8)28(4,5)6)19-30(17-20)13-14-31-24-16-22(29)11-9-21(24)10-12-25(31)33/h9-12,16,20,23H,13-15,17-19H2,1-8H3,(H,34,35)/t20-,23+/m0/s1. The second-order valence-corrected chi connectivity index (χ2v) is 17.7. The molecule has 0 bridgehead atoms. The summed E-state index contributed by atoms with van der Waals surface area (Å²) in [6.45, 7) is 19.7. The molecule has 1 aromatic heterocycles. The van der Waals surface area contributed by atoms with E-state index in [1.807, 2.05) is 20.8 Å². The zero-order valence-electron chi connectivity index (χ0n) is 23.7. The second-order valence-electron chi connectivity index (χ2n) is 13.0. The predicted molar refractivity (Wildman–Crippen MR) is 149 cm³/mol. The third-order valence-electron chi connectivity index (χ3n) is 7.92. The molecule has 37 heavy (non-hydrogen) atoms. The molecule has 2 heterocycles. The Bertz CT molecular complexity index is 1170. The summed E-state index contributed by atoms with van der Waals surface area (Å²) in [6.07, 6.45) is -0.143. The van der Waals surface area contributed by atoms with Crippen molar-refractivity contribution in [2.24, 2.45) is 5.92 Å². The second kappa shape index (κ2) is 10.9. The molecular weight excluding hydrogens is 489 g/mol. The summed E-state index contributed by atoms with van der Waals surface area (Å²) in [5, 5.41) is 10.8. The Balaban J connectivity index is 1.85. The van der Waals surface area contributed by atoms with Gasteiger partial charge in [0.15, 0.2) is 8.32 Å². The van der Waals surface area contributed by atoms with Crippen LogP contribution < -0.4 is 5.56 Å². The zero-order chi connectivity index (χ0) is 27.8. The molecular formula is C28H44FN3O4Si. The van der Waals surface area contributed by atoms with Crippen molar-refractivity contribution in [3.8, 4) is 0 Å². The fourth-order valence-corrected chi connectivity index (χ4v) is 6.23. The highest BCUT2D eigenvalue weighted by Crippen LogP contribution is 2.38. The van der Waals surface area contributed by atoms with Gasteiger partial charge >= 0.3 is 6.09 Å². The molecule has 7 nitrogen and oxygen atoms in total. The molecule has 1 fully saturated rings. The topological polar surface area (TPSA) is 75.0 Å². The Hall–Kier alpha value is -2.23. The van der Waals surface area contributed by atoms with Gasteiger partial charge in [-0.15, -0.1) is 0 Å². The molecule has 1 aliphatic rings. The van der Waals surface area contributed by atoms with Crippen LogP contribution in [0.5, 0.6) is 0 Å². The molecule has 1 N–H and O–H groups in total. The fraction of sp³-hybridized carbons (Fsp3) is 0.643. The van der Waals surface area contributed by atoms with Gasteiger partial charge in [0.2, 0.25) is 0 Å². The zero-order valence-corrected chi connectivity index (χ0v) is 24.7. The lowest BCUT2D eigenvalue weighted by molar-refractivity contribution is 0.0206. The Kier molecular flexibility index (Phi) is 8.61. The number of aromatic nitrogens is 1. The number of likely N-dealkylation sites (tertiary alicyclic amines) is 1. The van der Waals surface area contributed by atoms with E-state index in [0.29, 0.717) is 31.7 Å².